The summed E-state index contributed by atoms with van der Waals surface area (Å²) in [5, 5.41) is 24.5. The van der Waals surface area contributed by atoms with E-state index in [9.17, 15) is 10.0 Å². The van der Waals surface area contributed by atoms with Crippen molar-refractivity contribution in [1.82, 2.24) is 5.01 Å². The predicted octanol–water partition coefficient (Wildman–Crippen LogP) is 0.925. The second kappa shape index (κ2) is 5.41. The molecule has 0 bridgehead atoms. The zero-order valence-corrected chi connectivity index (χ0v) is 8.97. The van der Waals surface area contributed by atoms with Crippen LogP contribution in [0, 0.1) is 11.1 Å². The summed E-state index contributed by atoms with van der Waals surface area (Å²) in [6.07, 6.45) is 0.693. The number of nitrogens with zero attached hydrogens (tertiary/aromatic N) is 3. The number of carboxylic acids is 1. The Kier molecular flexibility index (Phi) is 4.90. The molecule has 0 saturated heterocycles. The Labute approximate surface area is 83.4 Å². The van der Waals surface area contributed by atoms with Gasteiger partial charge in [-0.2, -0.15) is 0 Å². The normalized spacial score (nSPS) is 16.1. The molecule has 1 N–H and O–H groups in total. The van der Waals surface area contributed by atoms with Crippen LogP contribution >= 0.6 is 0 Å². The third-order valence-electron chi connectivity index (χ3n) is 2.28. The summed E-state index contributed by atoms with van der Waals surface area (Å²) >= 11 is 0. The number of hydrogen-bond acceptors (Lipinski definition) is 3. The van der Waals surface area contributed by atoms with Gasteiger partial charge >= 0.3 is 5.97 Å². The number of carbonyl (C=O) groups is 1. The van der Waals surface area contributed by atoms with Crippen LogP contribution in [-0.2, 0) is 4.79 Å². The Morgan fingerprint density at radius 1 is 1.71 bits per heavy atom. The molecule has 0 aliphatic rings. The van der Waals surface area contributed by atoms with Gasteiger partial charge in [-0.1, -0.05) is 20.3 Å². The van der Waals surface area contributed by atoms with E-state index >= 15 is 0 Å². The van der Waals surface area contributed by atoms with Gasteiger partial charge in [0.1, 0.15) is 0 Å². The molecule has 0 aromatic rings. The van der Waals surface area contributed by atoms with Gasteiger partial charge in [-0.05, 0) is 11.0 Å². The molecule has 0 heterocycles. The maximum absolute atomic E-state index is 11.1. The van der Waals surface area contributed by atoms with Gasteiger partial charge in [0, 0.05) is 4.97 Å². The van der Waals surface area contributed by atoms with Gasteiger partial charge in [0.15, 0.2) is 6.04 Å². The minimum Gasteiger partial charge on any atom is -0.572 e. The monoisotopic (exact) mass is 203 g/mol. The average Bonchev–Trinajstić information content (AvgIpc) is 2.15. The lowest BCUT2D eigenvalue weighted by Crippen LogP contribution is -2.46. The molecule has 0 radical (unpaired) electrons. The van der Waals surface area contributed by atoms with Crippen LogP contribution in [0.25, 0.3) is 0 Å². The number of aliphatic carboxylic acids is 1. The molecule has 6 heteroatoms. The lowest BCUT2D eigenvalue weighted by Gasteiger charge is -2.24. The summed E-state index contributed by atoms with van der Waals surface area (Å²) in [7, 11) is 2.74. The number of likely N-dealkylation sites (N-methyl/N-ethyl adjacent to an activating group) is 1. The number of hydrazine groups is 1. The molecule has 82 valence electrons. The summed E-state index contributed by atoms with van der Waals surface area (Å²) in [4.78, 5) is 11.2. The highest BCUT2D eigenvalue weighted by atomic mass is 16.5. The van der Waals surface area contributed by atoms with Gasteiger partial charge in [0.05, 0.1) is 14.1 Å². The lowest BCUT2D eigenvalue weighted by molar-refractivity contribution is -0.693. The van der Waals surface area contributed by atoms with Crippen LogP contribution < -0.4 is 0 Å². The van der Waals surface area contributed by atoms with Crippen molar-refractivity contribution in [1.29, 1.82) is 0 Å². The minimum atomic E-state index is -1.01. The first-order valence-corrected chi connectivity index (χ1v) is 4.48. The van der Waals surface area contributed by atoms with Gasteiger partial charge in [0.25, 0.3) is 0 Å². The van der Waals surface area contributed by atoms with Gasteiger partial charge in [0.2, 0.25) is 0 Å². The number of carboxylic acid groups (broad SMARTS) is 1. The van der Waals surface area contributed by atoms with Crippen LogP contribution in [0.3, 0.4) is 0 Å². The summed E-state index contributed by atoms with van der Waals surface area (Å²) in [6, 6.07) is -0.832. The Morgan fingerprint density at radius 3 is 2.50 bits per heavy atom. The lowest BCUT2D eigenvalue weighted by atomic mass is 9.99. The molecular formula is C8H17N3O3. The van der Waals surface area contributed by atoms with Crippen LogP contribution in [0.15, 0.2) is 5.11 Å². The van der Waals surface area contributed by atoms with Crippen molar-refractivity contribution < 1.29 is 14.9 Å². The molecule has 0 aliphatic heterocycles. The second-order valence-corrected chi connectivity index (χ2v) is 3.20. The maximum atomic E-state index is 11.1. The van der Waals surface area contributed by atoms with Crippen LogP contribution in [-0.4, -0.2) is 41.2 Å². The Hall–Kier alpha value is -1.33. The van der Waals surface area contributed by atoms with Gasteiger partial charge in [-0.3, -0.25) is 0 Å². The molecule has 0 fully saturated rings. The first-order chi connectivity index (χ1) is 6.45. The smallest absolute Gasteiger partial charge is 0.332 e. The minimum absolute atomic E-state index is 0.101. The number of hydrogen-bond donors (Lipinski definition) is 1. The van der Waals surface area contributed by atoms with Crippen molar-refractivity contribution in [2.24, 2.45) is 11.0 Å². The van der Waals surface area contributed by atoms with E-state index < -0.39 is 12.0 Å². The topological polar surface area (TPSA) is 79.0 Å². The molecule has 14 heavy (non-hydrogen) atoms. The highest BCUT2D eigenvalue weighted by Crippen LogP contribution is 2.13. The van der Waals surface area contributed by atoms with E-state index in [1.807, 2.05) is 6.92 Å². The maximum Gasteiger partial charge on any atom is 0.332 e. The molecule has 0 aliphatic carbocycles. The zero-order chi connectivity index (χ0) is 11.3. The van der Waals surface area contributed by atoms with Gasteiger partial charge in [-0.25, -0.2) is 4.79 Å². The van der Waals surface area contributed by atoms with Gasteiger partial charge in [-0.15, -0.1) is 5.01 Å². The first-order valence-electron chi connectivity index (χ1n) is 4.48. The van der Waals surface area contributed by atoms with Crippen LogP contribution in [0.1, 0.15) is 20.3 Å². The van der Waals surface area contributed by atoms with Crippen molar-refractivity contribution >= 4 is 5.97 Å². The van der Waals surface area contributed by atoms with E-state index in [-0.39, 0.29) is 5.92 Å². The van der Waals surface area contributed by atoms with E-state index in [0.717, 1.165) is 5.01 Å². The largest absolute Gasteiger partial charge is 0.572 e. The van der Waals surface area contributed by atoms with Crippen LogP contribution in [0.5, 0.6) is 0 Å². The van der Waals surface area contributed by atoms with E-state index in [2.05, 4.69) is 5.11 Å². The fourth-order valence-corrected chi connectivity index (χ4v) is 1.24. The third kappa shape index (κ3) is 2.86. The van der Waals surface area contributed by atoms with Crippen LogP contribution in [0.2, 0.25) is 0 Å². The fourth-order valence-electron chi connectivity index (χ4n) is 1.24. The van der Waals surface area contributed by atoms with Crippen LogP contribution in [0.4, 0.5) is 0 Å². The molecule has 0 aromatic heterocycles. The van der Waals surface area contributed by atoms with E-state index in [1.54, 1.807) is 6.92 Å². The van der Waals surface area contributed by atoms with E-state index in [1.165, 1.54) is 14.1 Å². The standard InChI is InChI=1S/C8H17N3O3/c1-5-6(2)7(8(12)13)10(4)11(14)9-3/h6-7H,5H2,1-4H3,(H,12,13)/t6-,7+/m1/s1. The summed E-state index contributed by atoms with van der Waals surface area (Å²) in [5.41, 5.74) is 0. The Morgan fingerprint density at radius 2 is 2.21 bits per heavy atom. The van der Waals surface area contributed by atoms with E-state index in [4.69, 9.17) is 5.11 Å². The Bertz CT molecular complexity index is 230. The highest BCUT2D eigenvalue weighted by molar-refractivity contribution is 5.73. The molecule has 0 aromatic carbocycles. The third-order valence-corrected chi connectivity index (χ3v) is 2.28. The molecule has 0 unspecified atom stereocenters. The molecule has 0 rings (SSSR count). The molecule has 0 spiro atoms. The quantitative estimate of drug-likeness (QED) is 0.409. The molecule has 2 atom stereocenters. The second-order valence-electron chi connectivity index (χ2n) is 3.20. The average molecular weight is 203 g/mol. The van der Waals surface area contributed by atoms with Gasteiger partial charge < -0.3 is 10.3 Å². The van der Waals surface area contributed by atoms with Crippen molar-refractivity contribution in [3.63, 3.8) is 0 Å². The predicted molar refractivity (Wildman–Crippen MR) is 50.6 cm³/mol. The summed E-state index contributed by atoms with van der Waals surface area (Å²) in [6.45, 7) is 3.67. The molecule has 6 nitrogen and oxygen atoms in total. The number of rotatable bonds is 5. The van der Waals surface area contributed by atoms with Crippen molar-refractivity contribution in [2.45, 2.75) is 26.3 Å². The first kappa shape index (κ1) is 12.7. The summed E-state index contributed by atoms with van der Waals surface area (Å²) in [5.74, 6) is -1.11. The highest BCUT2D eigenvalue weighted by Gasteiger charge is 2.32. The van der Waals surface area contributed by atoms with E-state index in [0.29, 0.717) is 11.4 Å². The molecule has 0 saturated carbocycles. The molecule has 0 amide bonds. The Balaban J connectivity index is 4.74. The zero-order valence-electron chi connectivity index (χ0n) is 8.97. The fraction of sp³-hybridized carbons (Fsp3) is 0.875. The van der Waals surface area contributed by atoms with Crippen molar-refractivity contribution in [3.8, 4) is 0 Å². The van der Waals surface area contributed by atoms with Crippen molar-refractivity contribution in [3.05, 3.63) is 5.21 Å². The summed E-state index contributed by atoms with van der Waals surface area (Å²) < 4.78 is 0. The van der Waals surface area contributed by atoms with Crippen molar-refractivity contribution in [2.75, 3.05) is 14.1 Å². The SMILES string of the molecule is CC[C@@H](C)[C@@H](C(=O)O)N(C)[N+]([O-])=NC. The molecular weight excluding hydrogens is 186 g/mol.